The number of alkyl halides is 3. The Morgan fingerprint density at radius 2 is 1.62 bits per heavy atom. The van der Waals surface area contributed by atoms with Crippen LogP contribution in [0.4, 0.5) is 18.0 Å². The van der Waals surface area contributed by atoms with Gasteiger partial charge in [-0.25, -0.2) is 4.79 Å². The third kappa shape index (κ3) is 4.71. The Labute approximate surface area is 197 Å². The van der Waals surface area contributed by atoms with Gasteiger partial charge in [0.2, 0.25) is 5.78 Å². The Morgan fingerprint density at radius 1 is 0.971 bits per heavy atom. The van der Waals surface area contributed by atoms with Crippen molar-refractivity contribution >= 4 is 23.4 Å². The quantitative estimate of drug-likeness (QED) is 0.465. The summed E-state index contributed by atoms with van der Waals surface area (Å²) in [5, 5.41) is 16.1. The summed E-state index contributed by atoms with van der Waals surface area (Å²) in [7, 11) is 0. The van der Waals surface area contributed by atoms with E-state index in [0.29, 0.717) is 5.75 Å². The smallest absolute Gasteiger partial charge is 0.450 e. The van der Waals surface area contributed by atoms with Crippen LogP contribution in [0.15, 0.2) is 78.9 Å². The topological polar surface area (TPSA) is 87.7 Å². The molecule has 1 aliphatic rings. The standard InChI is InChI=1S/C24H18ClF3N2O4/c25-16-11-9-15(10-12-16)23(33)19(21(31)24(26,27)28)20(29-22(32)30-23)14-5-4-8-18(13-14)34-17-6-2-1-3-7-17/h1-13,19-20,33H,(H2,29,30,32)/t19-,20+,23+/m0/s1. The van der Waals surface area contributed by atoms with Crippen molar-refractivity contribution in [3.63, 3.8) is 0 Å². The van der Waals surface area contributed by atoms with Crippen LogP contribution in [0.3, 0.4) is 0 Å². The van der Waals surface area contributed by atoms with Gasteiger partial charge in [-0.1, -0.05) is 54.1 Å². The van der Waals surface area contributed by atoms with Crippen molar-refractivity contribution in [1.29, 1.82) is 0 Å². The number of benzene rings is 3. The molecule has 1 fully saturated rings. The Bertz CT molecular complexity index is 1200. The SMILES string of the molecule is O=C1N[C@H](c2cccc(Oc3ccccc3)c2)[C@@H](C(=O)C(F)(F)F)[C@](O)(c2ccc(Cl)cc2)N1. The molecule has 2 amide bonds. The maximum absolute atomic E-state index is 13.7. The van der Waals surface area contributed by atoms with E-state index in [1.54, 1.807) is 36.4 Å². The maximum Gasteiger partial charge on any atom is 0.450 e. The lowest BCUT2D eigenvalue weighted by atomic mass is 9.76. The lowest BCUT2D eigenvalue weighted by molar-refractivity contribution is -0.190. The number of carbonyl (C=O) groups is 2. The fourth-order valence-corrected chi connectivity index (χ4v) is 4.02. The van der Waals surface area contributed by atoms with E-state index in [-0.39, 0.29) is 21.9 Å². The summed E-state index contributed by atoms with van der Waals surface area (Å²) in [4.78, 5) is 25.1. The molecule has 176 valence electrons. The van der Waals surface area contributed by atoms with E-state index in [1.807, 2.05) is 0 Å². The summed E-state index contributed by atoms with van der Waals surface area (Å²) in [6, 6.07) is 17.3. The number of urea groups is 1. The average molecular weight is 491 g/mol. The van der Waals surface area contributed by atoms with E-state index in [9.17, 15) is 27.9 Å². The molecule has 4 rings (SSSR count). The summed E-state index contributed by atoms with van der Waals surface area (Å²) in [5.41, 5.74) is -2.66. The number of hydrogen-bond acceptors (Lipinski definition) is 4. The Kier molecular flexibility index (Phi) is 6.24. The third-order valence-electron chi connectivity index (χ3n) is 5.42. The van der Waals surface area contributed by atoms with Gasteiger partial charge in [0.05, 0.1) is 6.04 Å². The molecular weight excluding hydrogens is 473 g/mol. The summed E-state index contributed by atoms with van der Waals surface area (Å²) in [6.07, 6.45) is -5.29. The largest absolute Gasteiger partial charge is 0.457 e. The third-order valence-corrected chi connectivity index (χ3v) is 5.67. The van der Waals surface area contributed by atoms with Crippen LogP contribution in [0.5, 0.6) is 11.5 Å². The molecule has 1 saturated heterocycles. The van der Waals surface area contributed by atoms with Gasteiger partial charge in [-0.05, 0) is 42.0 Å². The van der Waals surface area contributed by atoms with Crippen LogP contribution in [0.2, 0.25) is 5.02 Å². The van der Waals surface area contributed by atoms with Crippen LogP contribution >= 0.6 is 11.6 Å². The molecule has 3 atom stereocenters. The van der Waals surface area contributed by atoms with Gasteiger partial charge in [-0.15, -0.1) is 0 Å². The first-order valence-electron chi connectivity index (χ1n) is 10.1. The van der Waals surface area contributed by atoms with Crippen LogP contribution in [0.25, 0.3) is 0 Å². The first kappa shape index (κ1) is 23.6. The minimum Gasteiger partial charge on any atom is -0.457 e. The number of halogens is 4. The van der Waals surface area contributed by atoms with Crippen molar-refractivity contribution in [2.75, 3.05) is 0 Å². The molecule has 3 N–H and O–H groups in total. The molecule has 3 aromatic rings. The first-order valence-corrected chi connectivity index (χ1v) is 10.5. The highest BCUT2D eigenvalue weighted by atomic mass is 35.5. The molecule has 0 aliphatic carbocycles. The molecule has 0 unspecified atom stereocenters. The minimum absolute atomic E-state index is 0.129. The van der Waals surface area contributed by atoms with Gasteiger partial charge in [-0.2, -0.15) is 13.2 Å². The highest BCUT2D eigenvalue weighted by Gasteiger charge is 2.59. The van der Waals surface area contributed by atoms with Crippen LogP contribution in [-0.2, 0) is 10.5 Å². The van der Waals surface area contributed by atoms with E-state index in [2.05, 4.69) is 10.6 Å². The van der Waals surface area contributed by atoms with Gasteiger partial charge in [0.1, 0.15) is 17.4 Å². The molecular formula is C24H18ClF3N2O4. The first-order chi connectivity index (χ1) is 16.1. The summed E-state index contributed by atoms with van der Waals surface area (Å²) in [5.74, 6) is -3.62. The number of rotatable bonds is 5. The van der Waals surface area contributed by atoms with Crippen molar-refractivity contribution < 1.29 is 32.6 Å². The zero-order valence-corrected chi connectivity index (χ0v) is 18.1. The number of ketones is 1. The number of Topliss-reactive ketones (excluding diaryl/α,β-unsaturated/α-hetero) is 1. The average Bonchev–Trinajstić information content (AvgIpc) is 2.79. The van der Waals surface area contributed by atoms with E-state index in [0.717, 1.165) is 0 Å². The van der Waals surface area contributed by atoms with Crippen LogP contribution < -0.4 is 15.4 Å². The van der Waals surface area contributed by atoms with E-state index in [1.165, 1.54) is 42.5 Å². The lowest BCUT2D eigenvalue weighted by Gasteiger charge is -2.45. The molecule has 1 aliphatic heterocycles. The zero-order valence-electron chi connectivity index (χ0n) is 17.3. The number of ether oxygens (including phenoxy) is 1. The predicted molar refractivity (Wildman–Crippen MR) is 117 cm³/mol. The van der Waals surface area contributed by atoms with Crippen molar-refractivity contribution in [1.82, 2.24) is 10.6 Å². The number of nitrogens with one attached hydrogen (secondary N) is 2. The molecule has 0 radical (unpaired) electrons. The van der Waals surface area contributed by atoms with Crippen molar-refractivity contribution in [2.45, 2.75) is 17.9 Å². The molecule has 1 heterocycles. The molecule has 0 spiro atoms. The summed E-state index contributed by atoms with van der Waals surface area (Å²) >= 11 is 5.86. The van der Waals surface area contributed by atoms with E-state index < -0.39 is 35.7 Å². The fraction of sp³-hybridized carbons (Fsp3) is 0.167. The van der Waals surface area contributed by atoms with Gasteiger partial charge >= 0.3 is 12.2 Å². The highest BCUT2D eigenvalue weighted by molar-refractivity contribution is 6.30. The number of aliphatic hydroxyl groups is 1. The van der Waals surface area contributed by atoms with Crippen LogP contribution in [0.1, 0.15) is 17.2 Å². The second-order valence-electron chi connectivity index (χ2n) is 7.68. The Morgan fingerprint density at radius 3 is 2.26 bits per heavy atom. The Hall–Kier alpha value is -3.56. The van der Waals surface area contributed by atoms with Crippen molar-refractivity contribution in [3.8, 4) is 11.5 Å². The van der Waals surface area contributed by atoms with Gasteiger partial charge in [0.25, 0.3) is 0 Å². The second kappa shape index (κ2) is 9.00. The predicted octanol–water partition coefficient (Wildman–Crippen LogP) is 5.08. The van der Waals surface area contributed by atoms with Crippen molar-refractivity contribution in [3.05, 3.63) is 95.0 Å². The van der Waals surface area contributed by atoms with Gasteiger partial charge in [0.15, 0.2) is 5.72 Å². The highest BCUT2D eigenvalue weighted by Crippen LogP contribution is 2.43. The number of para-hydroxylation sites is 1. The second-order valence-corrected chi connectivity index (χ2v) is 8.11. The van der Waals surface area contributed by atoms with Gasteiger partial charge in [0, 0.05) is 10.6 Å². The Balaban J connectivity index is 1.80. The molecule has 10 heteroatoms. The maximum atomic E-state index is 13.7. The van der Waals surface area contributed by atoms with Crippen molar-refractivity contribution in [2.24, 2.45) is 5.92 Å². The monoisotopic (exact) mass is 490 g/mol. The summed E-state index contributed by atoms with van der Waals surface area (Å²) in [6.45, 7) is 0. The lowest BCUT2D eigenvalue weighted by Crippen LogP contribution is -2.66. The minimum atomic E-state index is -5.29. The molecule has 3 aromatic carbocycles. The fourth-order valence-electron chi connectivity index (χ4n) is 3.90. The normalized spacial score (nSPS) is 22.4. The zero-order chi connectivity index (χ0) is 24.5. The number of carbonyl (C=O) groups excluding carboxylic acids is 2. The van der Waals surface area contributed by atoms with Crippen LogP contribution in [-0.4, -0.2) is 23.1 Å². The molecule has 34 heavy (non-hydrogen) atoms. The van der Waals surface area contributed by atoms with E-state index >= 15 is 0 Å². The summed E-state index contributed by atoms with van der Waals surface area (Å²) < 4.78 is 46.7. The molecule has 6 nitrogen and oxygen atoms in total. The van der Waals surface area contributed by atoms with Gasteiger partial charge < -0.3 is 20.5 Å². The molecule has 0 aromatic heterocycles. The number of amides is 2. The van der Waals surface area contributed by atoms with Gasteiger partial charge in [-0.3, -0.25) is 4.79 Å². The number of hydrogen-bond donors (Lipinski definition) is 3. The van der Waals surface area contributed by atoms with Crippen LogP contribution in [0, 0.1) is 5.92 Å². The molecule has 0 bridgehead atoms. The van der Waals surface area contributed by atoms with E-state index in [4.69, 9.17) is 16.3 Å². The molecule has 0 saturated carbocycles.